The molecule has 0 atom stereocenters. The molecule has 0 bridgehead atoms. The van der Waals surface area contributed by atoms with Gasteiger partial charge in [-0.25, -0.2) is 26.3 Å². The van der Waals surface area contributed by atoms with Gasteiger partial charge in [-0.2, -0.15) is 0 Å². The van der Waals surface area contributed by atoms with Crippen LogP contribution in [0, 0.1) is 0 Å². The van der Waals surface area contributed by atoms with E-state index in [-0.39, 0.29) is 22.9 Å². The van der Waals surface area contributed by atoms with Gasteiger partial charge in [0.1, 0.15) is 11.5 Å². The van der Waals surface area contributed by atoms with Gasteiger partial charge in [-0.15, -0.1) is 0 Å². The molecule has 0 aliphatic rings. The first kappa shape index (κ1) is 23.7. The second-order valence-corrected chi connectivity index (χ2v) is 10.3. The molecule has 0 saturated carbocycles. The normalized spacial score (nSPS) is 11.8. The third kappa shape index (κ3) is 5.86. The lowest BCUT2D eigenvalue weighted by Crippen LogP contribution is -2.26. The average Bonchev–Trinajstić information content (AvgIpc) is 2.82. The summed E-state index contributed by atoms with van der Waals surface area (Å²) in [5.41, 5.74) is 1.31. The van der Waals surface area contributed by atoms with E-state index in [9.17, 15) is 16.8 Å². The predicted octanol–water partition coefficient (Wildman–Crippen LogP) is 2.66. The Morgan fingerprint density at radius 2 is 0.938 bits per heavy atom. The van der Waals surface area contributed by atoms with Crippen molar-refractivity contribution in [3.05, 3.63) is 83.9 Å². The van der Waals surface area contributed by atoms with Crippen LogP contribution in [-0.2, 0) is 33.1 Å². The minimum atomic E-state index is -3.75. The van der Waals surface area contributed by atoms with Crippen molar-refractivity contribution in [2.45, 2.75) is 22.9 Å². The van der Waals surface area contributed by atoms with E-state index in [2.05, 4.69) is 9.44 Å². The average molecular weight is 477 g/mol. The highest BCUT2D eigenvalue weighted by Gasteiger charge is 2.17. The number of ether oxygens (including phenoxy) is 2. The Bertz CT molecular complexity index is 1160. The van der Waals surface area contributed by atoms with Gasteiger partial charge in [-0.1, -0.05) is 24.3 Å². The van der Waals surface area contributed by atoms with E-state index in [0.29, 0.717) is 22.6 Å². The number of methoxy groups -OCH3 is 2. The number of nitrogens with one attached hydrogen (secondary N) is 2. The van der Waals surface area contributed by atoms with Crippen molar-refractivity contribution in [1.82, 2.24) is 9.44 Å². The highest BCUT2D eigenvalue weighted by molar-refractivity contribution is 7.89. The zero-order chi connectivity index (χ0) is 23.2. The summed E-state index contributed by atoms with van der Waals surface area (Å²) in [6, 6.07) is 19.1. The smallest absolute Gasteiger partial charge is 0.240 e. The molecule has 0 heterocycles. The van der Waals surface area contributed by atoms with Gasteiger partial charge in [0, 0.05) is 13.1 Å². The molecule has 0 aliphatic carbocycles. The van der Waals surface area contributed by atoms with Crippen LogP contribution in [-0.4, -0.2) is 31.1 Å². The second kappa shape index (κ2) is 10.1. The molecule has 3 aromatic rings. The topological polar surface area (TPSA) is 111 Å². The van der Waals surface area contributed by atoms with Crippen LogP contribution in [0.4, 0.5) is 0 Å². The third-order valence-corrected chi connectivity index (χ3v) is 7.60. The molecule has 0 aliphatic heterocycles. The van der Waals surface area contributed by atoms with Crippen LogP contribution in [0.25, 0.3) is 0 Å². The summed E-state index contributed by atoms with van der Waals surface area (Å²) in [5, 5.41) is 0. The molecule has 3 aromatic carbocycles. The molecule has 10 heteroatoms. The zero-order valence-electron chi connectivity index (χ0n) is 17.6. The number of hydrogen-bond donors (Lipinski definition) is 2. The molecule has 3 rings (SSSR count). The van der Waals surface area contributed by atoms with Crippen molar-refractivity contribution in [3.8, 4) is 11.5 Å². The maximum Gasteiger partial charge on any atom is 0.240 e. The Balaban J connectivity index is 1.70. The highest BCUT2D eigenvalue weighted by Crippen LogP contribution is 2.18. The zero-order valence-corrected chi connectivity index (χ0v) is 19.2. The molecule has 8 nitrogen and oxygen atoms in total. The van der Waals surface area contributed by atoms with E-state index in [0.717, 1.165) is 0 Å². The van der Waals surface area contributed by atoms with Crippen LogP contribution in [0.15, 0.2) is 82.6 Å². The summed E-state index contributed by atoms with van der Waals surface area (Å²) in [5.74, 6) is 1.11. The van der Waals surface area contributed by atoms with E-state index >= 15 is 0 Å². The van der Waals surface area contributed by atoms with E-state index < -0.39 is 20.0 Å². The lowest BCUT2D eigenvalue weighted by atomic mass is 10.1. The predicted molar refractivity (Wildman–Crippen MR) is 120 cm³/mol. The molecule has 0 unspecified atom stereocenters. The van der Waals surface area contributed by atoms with Crippen LogP contribution < -0.4 is 18.9 Å². The molecule has 0 amide bonds. The minimum absolute atomic E-state index is 0.00873. The Labute approximate surface area is 188 Å². The van der Waals surface area contributed by atoms with Gasteiger partial charge in [0.05, 0.1) is 24.0 Å². The van der Waals surface area contributed by atoms with Gasteiger partial charge in [-0.3, -0.25) is 0 Å². The van der Waals surface area contributed by atoms with Crippen molar-refractivity contribution in [3.63, 3.8) is 0 Å². The van der Waals surface area contributed by atoms with Gasteiger partial charge in [0.15, 0.2) is 0 Å². The summed E-state index contributed by atoms with van der Waals surface area (Å²) in [6.07, 6.45) is 0. The fourth-order valence-corrected chi connectivity index (χ4v) is 4.94. The highest BCUT2D eigenvalue weighted by atomic mass is 32.2. The van der Waals surface area contributed by atoms with Gasteiger partial charge < -0.3 is 9.47 Å². The van der Waals surface area contributed by atoms with Gasteiger partial charge >= 0.3 is 0 Å². The van der Waals surface area contributed by atoms with Crippen LogP contribution in [0.5, 0.6) is 11.5 Å². The number of hydrogen-bond acceptors (Lipinski definition) is 6. The fourth-order valence-electron chi connectivity index (χ4n) is 2.92. The Hall–Kier alpha value is -2.92. The largest absolute Gasteiger partial charge is 0.497 e. The molecule has 32 heavy (non-hydrogen) atoms. The molecule has 170 valence electrons. The number of benzene rings is 3. The summed E-state index contributed by atoms with van der Waals surface area (Å²) >= 11 is 0. The lowest BCUT2D eigenvalue weighted by Gasteiger charge is -2.13. The third-order valence-electron chi connectivity index (χ3n) is 4.76. The Morgan fingerprint density at radius 3 is 1.25 bits per heavy atom. The SMILES string of the molecule is COc1ccc(S(=O)(=O)NCc2ccccc2CNS(=O)(=O)c2ccc(OC)cc2)cc1. The van der Waals surface area contributed by atoms with Gasteiger partial charge in [0.2, 0.25) is 20.0 Å². The van der Waals surface area contributed by atoms with E-state index in [1.807, 2.05) is 0 Å². The quantitative estimate of drug-likeness (QED) is 0.465. The Morgan fingerprint density at radius 1 is 0.594 bits per heavy atom. The van der Waals surface area contributed by atoms with E-state index in [1.165, 1.54) is 38.5 Å². The second-order valence-electron chi connectivity index (χ2n) is 6.77. The number of sulfonamides is 2. The van der Waals surface area contributed by atoms with Gasteiger partial charge in [0.25, 0.3) is 0 Å². The summed E-state index contributed by atoms with van der Waals surface area (Å²) in [4.78, 5) is 0.215. The first-order valence-corrected chi connectivity index (χ1v) is 12.6. The Kier molecular flexibility index (Phi) is 7.52. The van der Waals surface area contributed by atoms with Crippen LogP contribution >= 0.6 is 0 Å². The molecule has 0 radical (unpaired) electrons. The lowest BCUT2D eigenvalue weighted by molar-refractivity contribution is 0.414. The van der Waals surface area contributed by atoms with Crippen molar-refractivity contribution in [1.29, 1.82) is 0 Å². The van der Waals surface area contributed by atoms with E-state index in [4.69, 9.17) is 9.47 Å². The molecule has 0 saturated heterocycles. The minimum Gasteiger partial charge on any atom is -0.497 e. The molecule has 0 spiro atoms. The molecular formula is C22H24N2O6S2. The summed E-state index contributed by atoms with van der Waals surface area (Å²) < 4.78 is 65.6. The molecular weight excluding hydrogens is 452 g/mol. The first-order chi connectivity index (χ1) is 15.2. The maximum atomic E-state index is 12.6. The van der Waals surface area contributed by atoms with Crippen molar-refractivity contribution < 1.29 is 26.3 Å². The monoisotopic (exact) mass is 476 g/mol. The van der Waals surface area contributed by atoms with Crippen LogP contribution in [0.3, 0.4) is 0 Å². The molecule has 2 N–H and O–H groups in total. The molecule has 0 aromatic heterocycles. The van der Waals surface area contributed by atoms with Gasteiger partial charge in [-0.05, 0) is 59.7 Å². The summed E-state index contributed by atoms with van der Waals surface area (Å²) in [6.45, 7) is 0.0175. The van der Waals surface area contributed by atoms with Crippen molar-refractivity contribution in [2.24, 2.45) is 0 Å². The van der Waals surface area contributed by atoms with Crippen LogP contribution in [0.1, 0.15) is 11.1 Å². The standard InChI is InChI=1S/C22H24N2O6S2/c1-29-19-7-11-21(12-8-19)31(25,26)23-15-17-5-3-4-6-18(17)16-24-32(27,28)22-13-9-20(30-2)10-14-22/h3-14,23-24H,15-16H2,1-2H3. The fraction of sp³-hybridized carbons (Fsp3) is 0.182. The summed E-state index contributed by atoms with van der Waals surface area (Å²) in [7, 11) is -4.50. The van der Waals surface area contributed by atoms with Crippen LogP contribution in [0.2, 0.25) is 0 Å². The number of rotatable bonds is 10. The van der Waals surface area contributed by atoms with Crippen molar-refractivity contribution >= 4 is 20.0 Å². The van der Waals surface area contributed by atoms with E-state index in [1.54, 1.807) is 48.5 Å². The maximum absolute atomic E-state index is 12.6. The molecule has 0 fully saturated rings. The first-order valence-electron chi connectivity index (χ1n) is 9.59. The van der Waals surface area contributed by atoms with Crippen molar-refractivity contribution in [2.75, 3.05) is 14.2 Å².